The quantitative estimate of drug-likeness (QED) is 0.287. The maximum Gasteiger partial charge on any atom is 0.306 e. The minimum Gasteiger partial charge on any atom is -0.344 e. The van der Waals surface area contributed by atoms with Crippen molar-refractivity contribution in [2.75, 3.05) is 5.32 Å². The number of aromatic nitrogens is 3. The lowest BCUT2D eigenvalue weighted by molar-refractivity contribution is -0.387. The predicted molar refractivity (Wildman–Crippen MR) is 115 cm³/mol. The number of nitro groups is 1. The Hall–Kier alpha value is -3.33. The number of nitro benzene ring substituents is 1. The van der Waals surface area contributed by atoms with Gasteiger partial charge in [-0.3, -0.25) is 10.1 Å². The van der Waals surface area contributed by atoms with Crippen molar-refractivity contribution in [2.45, 2.75) is 18.9 Å². The number of rotatable bonds is 5. The Balaban J connectivity index is 1.54. The molecule has 0 aliphatic heterocycles. The molecule has 0 radical (unpaired) electrons. The van der Waals surface area contributed by atoms with Crippen LogP contribution in [0.15, 0.2) is 59.3 Å². The van der Waals surface area contributed by atoms with E-state index in [0.717, 1.165) is 28.8 Å². The van der Waals surface area contributed by atoms with Gasteiger partial charge in [-0.1, -0.05) is 18.2 Å². The van der Waals surface area contributed by atoms with E-state index in [4.69, 9.17) is 0 Å². The van der Waals surface area contributed by atoms with Crippen molar-refractivity contribution in [1.82, 2.24) is 14.5 Å². The second kappa shape index (κ2) is 7.17. The average Bonchev–Trinajstić information content (AvgIpc) is 3.50. The van der Waals surface area contributed by atoms with Gasteiger partial charge in [0.1, 0.15) is 0 Å². The number of fused-ring (bicyclic) bond motifs is 1. The molecule has 1 saturated carbocycles. The van der Waals surface area contributed by atoms with Gasteiger partial charge in [-0.25, -0.2) is 9.97 Å². The van der Waals surface area contributed by atoms with Crippen molar-refractivity contribution >= 4 is 44.2 Å². The number of halogens is 2. The fraction of sp³-hybridized carbons (Fsp3) is 0.143. The second-order valence-corrected chi connectivity index (χ2v) is 7.98. The fourth-order valence-electron chi connectivity index (χ4n) is 3.53. The molecule has 9 heteroatoms. The summed E-state index contributed by atoms with van der Waals surface area (Å²) in [5.74, 6) is -0.655. The fourth-order valence-corrected chi connectivity index (χ4v) is 3.94. The highest BCUT2D eigenvalue weighted by Crippen LogP contribution is 2.41. The first-order valence-corrected chi connectivity index (χ1v) is 10.1. The highest BCUT2D eigenvalue weighted by molar-refractivity contribution is 9.10. The molecule has 0 unspecified atom stereocenters. The third kappa shape index (κ3) is 3.30. The van der Waals surface area contributed by atoms with Crippen molar-refractivity contribution < 1.29 is 9.31 Å². The first-order valence-electron chi connectivity index (χ1n) is 9.34. The van der Waals surface area contributed by atoms with Crippen LogP contribution in [0.2, 0.25) is 0 Å². The summed E-state index contributed by atoms with van der Waals surface area (Å²) in [5, 5.41) is 15.1. The Labute approximate surface area is 178 Å². The zero-order valence-electron chi connectivity index (χ0n) is 15.5. The van der Waals surface area contributed by atoms with E-state index in [-0.39, 0.29) is 5.95 Å². The van der Waals surface area contributed by atoms with E-state index < -0.39 is 16.4 Å². The molecule has 2 heterocycles. The van der Waals surface area contributed by atoms with Crippen LogP contribution in [0.5, 0.6) is 0 Å². The molecule has 5 rings (SSSR count). The van der Waals surface area contributed by atoms with Crippen LogP contribution < -0.4 is 5.32 Å². The van der Waals surface area contributed by atoms with Gasteiger partial charge in [0.2, 0.25) is 11.8 Å². The summed E-state index contributed by atoms with van der Waals surface area (Å²) < 4.78 is 16.4. The first kappa shape index (κ1) is 18.7. The largest absolute Gasteiger partial charge is 0.344 e. The van der Waals surface area contributed by atoms with E-state index in [2.05, 4.69) is 54.1 Å². The molecule has 150 valence electrons. The van der Waals surface area contributed by atoms with Crippen LogP contribution in [0, 0.1) is 15.9 Å². The SMILES string of the molecule is O=[N+]([O-])c1cc(Nc2nccc(-c3cn(C4CC4)c4ccccc34)n2)c(Br)cc1F. The molecule has 0 amide bonds. The molecule has 0 saturated heterocycles. The minimum atomic E-state index is -0.917. The summed E-state index contributed by atoms with van der Waals surface area (Å²) in [7, 11) is 0. The number of anilines is 2. The van der Waals surface area contributed by atoms with Gasteiger partial charge in [0.25, 0.3) is 0 Å². The normalized spacial score (nSPS) is 13.5. The summed E-state index contributed by atoms with van der Waals surface area (Å²) in [4.78, 5) is 19.1. The molecule has 2 aromatic heterocycles. The first-order chi connectivity index (χ1) is 14.5. The molecule has 1 aliphatic rings. The van der Waals surface area contributed by atoms with Crippen LogP contribution in [0.1, 0.15) is 18.9 Å². The number of hydrogen-bond donors (Lipinski definition) is 1. The van der Waals surface area contributed by atoms with Crippen LogP contribution in [0.3, 0.4) is 0 Å². The van der Waals surface area contributed by atoms with Crippen LogP contribution >= 0.6 is 15.9 Å². The molecule has 4 aromatic rings. The molecule has 0 spiro atoms. The zero-order valence-corrected chi connectivity index (χ0v) is 17.1. The summed E-state index contributed by atoms with van der Waals surface area (Å²) in [6.45, 7) is 0. The van der Waals surface area contributed by atoms with Gasteiger partial charge in [-0.05, 0) is 47.0 Å². The Morgan fingerprint density at radius 1 is 1.23 bits per heavy atom. The number of para-hydroxylation sites is 1. The predicted octanol–water partition coefficient (Wildman–Crippen LogP) is 5.99. The summed E-state index contributed by atoms with van der Waals surface area (Å²) >= 11 is 3.23. The maximum absolute atomic E-state index is 13.8. The van der Waals surface area contributed by atoms with Crippen LogP contribution in [-0.4, -0.2) is 19.5 Å². The summed E-state index contributed by atoms with van der Waals surface area (Å²) in [5.41, 5.74) is 2.58. The third-order valence-electron chi connectivity index (χ3n) is 5.09. The lowest BCUT2D eigenvalue weighted by Gasteiger charge is -2.08. The van der Waals surface area contributed by atoms with E-state index in [0.29, 0.717) is 16.2 Å². The average molecular weight is 468 g/mol. The van der Waals surface area contributed by atoms with E-state index in [1.165, 1.54) is 18.4 Å². The lowest BCUT2D eigenvalue weighted by atomic mass is 10.1. The van der Waals surface area contributed by atoms with Gasteiger partial charge >= 0.3 is 5.69 Å². The van der Waals surface area contributed by atoms with Gasteiger partial charge in [-0.15, -0.1) is 0 Å². The smallest absolute Gasteiger partial charge is 0.306 e. The van der Waals surface area contributed by atoms with Crippen molar-refractivity contribution in [3.05, 3.63) is 75.3 Å². The number of nitrogens with zero attached hydrogens (tertiary/aromatic N) is 4. The monoisotopic (exact) mass is 467 g/mol. The van der Waals surface area contributed by atoms with Crippen molar-refractivity contribution in [1.29, 1.82) is 0 Å². The van der Waals surface area contributed by atoms with Crippen molar-refractivity contribution in [3.63, 3.8) is 0 Å². The van der Waals surface area contributed by atoms with Crippen LogP contribution in [0.25, 0.3) is 22.2 Å². The zero-order chi connectivity index (χ0) is 20.8. The molecule has 1 aliphatic carbocycles. The maximum atomic E-state index is 13.8. The highest BCUT2D eigenvalue weighted by Gasteiger charge is 2.26. The van der Waals surface area contributed by atoms with Gasteiger partial charge in [0.05, 0.1) is 16.3 Å². The van der Waals surface area contributed by atoms with E-state index in [1.807, 2.05) is 18.2 Å². The topological polar surface area (TPSA) is 85.9 Å². The molecule has 2 aromatic carbocycles. The van der Waals surface area contributed by atoms with Crippen molar-refractivity contribution in [3.8, 4) is 11.3 Å². The minimum absolute atomic E-state index is 0.261. The summed E-state index contributed by atoms with van der Waals surface area (Å²) in [6, 6.07) is 12.7. The summed E-state index contributed by atoms with van der Waals surface area (Å²) in [6.07, 6.45) is 6.09. The van der Waals surface area contributed by atoms with E-state index in [9.17, 15) is 14.5 Å². The Morgan fingerprint density at radius 3 is 2.80 bits per heavy atom. The Bertz CT molecular complexity index is 1300. The molecular formula is C21H15BrFN5O2. The van der Waals surface area contributed by atoms with Gasteiger partial charge in [-0.2, -0.15) is 4.39 Å². The molecule has 1 N–H and O–H groups in total. The molecule has 0 bridgehead atoms. The molecule has 30 heavy (non-hydrogen) atoms. The second-order valence-electron chi connectivity index (χ2n) is 7.13. The molecule has 0 atom stereocenters. The molecule has 1 fully saturated rings. The highest BCUT2D eigenvalue weighted by atomic mass is 79.9. The number of nitrogens with one attached hydrogen (secondary N) is 1. The van der Waals surface area contributed by atoms with E-state index in [1.54, 1.807) is 6.20 Å². The number of hydrogen-bond acceptors (Lipinski definition) is 5. The van der Waals surface area contributed by atoms with Crippen molar-refractivity contribution in [2.24, 2.45) is 0 Å². The van der Waals surface area contributed by atoms with Gasteiger partial charge < -0.3 is 9.88 Å². The Morgan fingerprint density at radius 2 is 2.03 bits per heavy atom. The third-order valence-corrected chi connectivity index (χ3v) is 5.75. The lowest BCUT2D eigenvalue weighted by Crippen LogP contribution is -2.01. The number of benzene rings is 2. The van der Waals surface area contributed by atoms with Crippen LogP contribution in [0.4, 0.5) is 21.7 Å². The van der Waals surface area contributed by atoms with Gasteiger partial charge in [0.15, 0.2) is 0 Å². The van der Waals surface area contributed by atoms with Gasteiger partial charge in [0, 0.05) is 45.4 Å². The molecular weight excluding hydrogens is 453 g/mol. The molecule has 7 nitrogen and oxygen atoms in total. The van der Waals surface area contributed by atoms with Crippen LogP contribution in [-0.2, 0) is 0 Å². The Kier molecular flexibility index (Phi) is 4.47. The standard InChI is InChI=1S/C21H15BrFN5O2/c22-15-9-16(23)20(28(29)30)10-18(15)26-21-24-8-7-17(25-21)14-11-27(12-5-6-12)19-4-2-1-3-13(14)19/h1-4,7-12H,5-6H2,(H,24,25,26). The van der Waals surface area contributed by atoms with E-state index >= 15 is 0 Å².